The number of carbonyl (C=O) groups excluding carboxylic acids is 1. The quantitative estimate of drug-likeness (QED) is 0.672. The van der Waals surface area contributed by atoms with E-state index in [1.807, 2.05) is 31.2 Å². The van der Waals surface area contributed by atoms with Crippen molar-refractivity contribution in [3.63, 3.8) is 0 Å². The van der Waals surface area contributed by atoms with Crippen molar-refractivity contribution in [2.45, 2.75) is 23.7 Å². The lowest BCUT2D eigenvalue weighted by atomic mass is 10.2. The smallest absolute Gasteiger partial charge is 0.278 e. The molecule has 1 aromatic carbocycles. The number of piperazine rings is 1. The molecule has 0 aliphatic carbocycles. The zero-order valence-corrected chi connectivity index (χ0v) is 17.7. The molecule has 28 heavy (non-hydrogen) atoms. The van der Waals surface area contributed by atoms with Crippen LogP contribution in [0.25, 0.3) is 0 Å². The normalized spacial score (nSPS) is 17.2. The summed E-state index contributed by atoms with van der Waals surface area (Å²) in [4.78, 5) is 13.6. The molecule has 7 nitrogen and oxygen atoms in total. The number of sulfonamides is 1. The van der Waals surface area contributed by atoms with E-state index in [1.54, 1.807) is 24.6 Å². The van der Waals surface area contributed by atoms with Gasteiger partial charge in [-0.3, -0.25) is 4.79 Å². The van der Waals surface area contributed by atoms with E-state index in [-0.39, 0.29) is 11.9 Å². The molecule has 0 bridgehead atoms. The third-order valence-electron chi connectivity index (χ3n) is 5.09. The maximum atomic E-state index is 12.6. The molecule has 1 atom stereocenters. The van der Waals surface area contributed by atoms with Gasteiger partial charge in [0.2, 0.25) is 0 Å². The number of amides is 1. The second-order valence-electron chi connectivity index (χ2n) is 6.78. The summed E-state index contributed by atoms with van der Waals surface area (Å²) in [5.41, 5.74) is 1.00. The third-order valence-corrected chi connectivity index (χ3v) is 8.36. The number of methoxy groups -OCH3 is 1. The number of hydrogen-bond donors (Lipinski definition) is 2. The van der Waals surface area contributed by atoms with Crippen molar-refractivity contribution < 1.29 is 22.8 Å². The van der Waals surface area contributed by atoms with Gasteiger partial charge in [-0.2, -0.15) is 4.31 Å². The molecule has 1 amide bonds. The highest BCUT2D eigenvalue weighted by Gasteiger charge is 2.34. The molecule has 152 valence electrons. The molecule has 1 aliphatic heterocycles. The van der Waals surface area contributed by atoms with Crippen molar-refractivity contribution in [1.29, 1.82) is 0 Å². The van der Waals surface area contributed by atoms with Crippen LogP contribution in [0.4, 0.5) is 0 Å². The average Bonchev–Trinajstić information content (AvgIpc) is 3.28. The Bertz CT molecular complexity index is 874. The lowest BCUT2D eigenvalue weighted by Crippen LogP contribution is -3.19. The molecule has 1 saturated heterocycles. The topological polar surface area (TPSA) is 80.2 Å². The maximum absolute atomic E-state index is 12.6. The van der Waals surface area contributed by atoms with Gasteiger partial charge >= 0.3 is 0 Å². The summed E-state index contributed by atoms with van der Waals surface area (Å²) in [6.07, 6.45) is 0. The van der Waals surface area contributed by atoms with E-state index < -0.39 is 10.0 Å². The summed E-state index contributed by atoms with van der Waals surface area (Å²) in [6.45, 7) is 4.42. The van der Waals surface area contributed by atoms with Crippen molar-refractivity contribution >= 4 is 27.3 Å². The van der Waals surface area contributed by atoms with Crippen molar-refractivity contribution in [3.05, 3.63) is 47.3 Å². The molecule has 2 N–H and O–H groups in total. The lowest BCUT2D eigenvalue weighted by Gasteiger charge is -2.33. The minimum Gasteiger partial charge on any atom is -0.497 e. The van der Waals surface area contributed by atoms with Crippen LogP contribution < -0.4 is 15.0 Å². The molecule has 1 fully saturated rings. The first-order chi connectivity index (χ1) is 13.4. The SMILES string of the molecule is COc1ccc(CNC(=O)[C@H](C)[NH+]2CCN(S(=O)(=O)c3cccs3)CC2)cc1. The molecule has 1 aromatic heterocycles. The van der Waals surface area contributed by atoms with E-state index in [9.17, 15) is 13.2 Å². The number of hydrogen-bond acceptors (Lipinski definition) is 5. The molecule has 2 aromatic rings. The molecule has 1 aliphatic rings. The summed E-state index contributed by atoms with van der Waals surface area (Å²) < 4.78 is 32.2. The Morgan fingerprint density at radius 1 is 1.25 bits per heavy atom. The Labute approximate surface area is 170 Å². The van der Waals surface area contributed by atoms with Crippen LogP contribution in [0.2, 0.25) is 0 Å². The number of carbonyl (C=O) groups is 1. The molecule has 0 saturated carbocycles. The van der Waals surface area contributed by atoms with Gasteiger partial charge < -0.3 is 15.0 Å². The van der Waals surface area contributed by atoms with E-state index in [2.05, 4.69) is 5.32 Å². The van der Waals surface area contributed by atoms with E-state index >= 15 is 0 Å². The Kier molecular flexibility index (Phi) is 6.71. The first-order valence-corrected chi connectivity index (χ1v) is 11.5. The largest absolute Gasteiger partial charge is 0.497 e. The molecular weight excluding hydrogens is 398 g/mol. The van der Waals surface area contributed by atoms with Crippen LogP contribution in [-0.4, -0.2) is 58.0 Å². The van der Waals surface area contributed by atoms with Gasteiger partial charge in [-0.25, -0.2) is 8.42 Å². The van der Waals surface area contributed by atoms with Crippen LogP contribution in [-0.2, 0) is 21.4 Å². The van der Waals surface area contributed by atoms with Crippen LogP contribution >= 0.6 is 11.3 Å². The van der Waals surface area contributed by atoms with Gasteiger partial charge in [0.15, 0.2) is 6.04 Å². The number of quaternary nitrogens is 1. The molecule has 0 radical (unpaired) electrons. The van der Waals surface area contributed by atoms with E-state index in [1.165, 1.54) is 15.6 Å². The molecule has 0 spiro atoms. The number of rotatable bonds is 7. The Morgan fingerprint density at radius 2 is 1.93 bits per heavy atom. The zero-order chi connectivity index (χ0) is 20.1. The van der Waals surface area contributed by atoms with Crippen molar-refractivity contribution in [2.75, 3.05) is 33.3 Å². The van der Waals surface area contributed by atoms with Crippen LogP contribution in [0.3, 0.4) is 0 Å². The third kappa shape index (κ3) is 4.72. The van der Waals surface area contributed by atoms with Gasteiger partial charge in [0.05, 0.1) is 33.3 Å². The molecule has 0 unspecified atom stereocenters. The van der Waals surface area contributed by atoms with Crippen LogP contribution in [0.1, 0.15) is 12.5 Å². The summed E-state index contributed by atoms with van der Waals surface area (Å²) in [7, 11) is -1.79. The summed E-state index contributed by atoms with van der Waals surface area (Å²) in [5.74, 6) is 0.753. The minimum atomic E-state index is -3.41. The van der Waals surface area contributed by atoms with Crippen molar-refractivity contribution in [1.82, 2.24) is 9.62 Å². The van der Waals surface area contributed by atoms with Gasteiger partial charge in [0.1, 0.15) is 9.96 Å². The van der Waals surface area contributed by atoms with Crippen molar-refractivity contribution in [3.8, 4) is 5.75 Å². The maximum Gasteiger partial charge on any atom is 0.278 e. The fourth-order valence-electron chi connectivity index (χ4n) is 3.26. The van der Waals surface area contributed by atoms with Gasteiger partial charge in [-0.15, -0.1) is 11.3 Å². The predicted octanol–water partition coefficient (Wildman–Crippen LogP) is 0.351. The Balaban J connectivity index is 1.50. The minimum absolute atomic E-state index is 0.0274. The molecule has 9 heteroatoms. The first-order valence-electron chi connectivity index (χ1n) is 9.20. The standard InChI is InChI=1S/C19H25N3O4S2/c1-15(19(23)20-14-16-5-7-17(26-2)8-6-16)21-9-11-22(12-10-21)28(24,25)18-4-3-13-27-18/h3-8,13,15H,9-12,14H2,1-2H3,(H,20,23)/p+1/t15-/m0/s1. The van der Waals surface area contributed by atoms with E-state index in [4.69, 9.17) is 4.74 Å². The summed E-state index contributed by atoms with van der Waals surface area (Å²) >= 11 is 1.23. The summed E-state index contributed by atoms with van der Waals surface area (Å²) in [5, 5.41) is 4.73. The van der Waals surface area contributed by atoms with Gasteiger partial charge in [0, 0.05) is 6.54 Å². The highest BCUT2D eigenvalue weighted by atomic mass is 32.2. The zero-order valence-electron chi connectivity index (χ0n) is 16.1. The summed E-state index contributed by atoms with van der Waals surface area (Å²) in [6, 6.07) is 10.7. The first kappa shape index (κ1) is 20.8. The average molecular weight is 425 g/mol. The highest BCUT2D eigenvalue weighted by Crippen LogP contribution is 2.20. The van der Waals surface area contributed by atoms with Gasteiger partial charge in [-0.05, 0) is 36.1 Å². The second-order valence-corrected chi connectivity index (χ2v) is 9.89. The number of thiophene rings is 1. The molecule has 3 rings (SSSR count). The Morgan fingerprint density at radius 3 is 2.50 bits per heavy atom. The fourth-order valence-corrected chi connectivity index (χ4v) is 5.84. The number of nitrogens with zero attached hydrogens (tertiary/aromatic N) is 1. The van der Waals surface area contributed by atoms with Crippen molar-refractivity contribution in [2.24, 2.45) is 0 Å². The number of nitrogens with one attached hydrogen (secondary N) is 2. The van der Waals surface area contributed by atoms with Crippen LogP contribution in [0, 0.1) is 0 Å². The monoisotopic (exact) mass is 424 g/mol. The second kappa shape index (κ2) is 9.04. The Hall–Kier alpha value is -1.94. The lowest BCUT2D eigenvalue weighted by molar-refractivity contribution is -0.917. The predicted molar refractivity (Wildman–Crippen MR) is 108 cm³/mol. The van der Waals surface area contributed by atoms with E-state index in [0.717, 1.165) is 16.2 Å². The fraction of sp³-hybridized carbons (Fsp3) is 0.421. The highest BCUT2D eigenvalue weighted by molar-refractivity contribution is 7.91. The van der Waals surface area contributed by atoms with Gasteiger partial charge in [0.25, 0.3) is 15.9 Å². The van der Waals surface area contributed by atoms with E-state index in [0.29, 0.717) is 36.9 Å². The number of ether oxygens (including phenoxy) is 1. The molecular formula is C19H26N3O4S2+. The van der Waals surface area contributed by atoms with Crippen LogP contribution in [0.5, 0.6) is 5.75 Å². The van der Waals surface area contributed by atoms with Gasteiger partial charge in [-0.1, -0.05) is 18.2 Å². The number of benzene rings is 1. The van der Waals surface area contributed by atoms with Crippen LogP contribution in [0.15, 0.2) is 46.0 Å². The molecule has 2 heterocycles.